The minimum absolute atomic E-state index is 0.401. The molecule has 0 amide bonds. The third kappa shape index (κ3) is 34.7. The zero-order chi connectivity index (χ0) is 32.5. The Bertz CT molecular complexity index is 536. The van der Waals surface area contributed by atoms with Crippen molar-refractivity contribution >= 4 is 0 Å². The van der Waals surface area contributed by atoms with Crippen molar-refractivity contribution in [2.45, 2.75) is 215 Å². The van der Waals surface area contributed by atoms with Crippen molar-refractivity contribution in [3.05, 3.63) is 0 Å². The fraction of sp³-hybridized carbons (Fsp3) is 1.00. The zero-order valence-corrected chi connectivity index (χ0v) is 31.4. The van der Waals surface area contributed by atoms with Crippen molar-refractivity contribution in [1.82, 2.24) is 0 Å². The summed E-state index contributed by atoms with van der Waals surface area (Å²) < 4.78 is 11.5. The molecule has 0 aliphatic rings. The summed E-state index contributed by atoms with van der Waals surface area (Å²) in [5, 5.41) is 10.2. The lowest BCUT2D eigenvalue weighted by Gasteiger charge is -2.17. The highest BCUT2D eigenvalue weighted by Gasteiger charge is 2.09. The van der Waals surface area contributed by atoms with Gasteiger partial charge >= 0.3 is 0 Å². The van der Waals surface area contributed by atoms with Crippen LogP contribution >= 0.6 is 0 Å². The van der Waals surface area contributed by atoms with Gasteiger partial charge in [-0.3, -0.25) is 0 Å². The lowest BCUT2D eigenvalue weighted by atomic mass is 9.91. The Morgan fingerprint density at radius 3 is 1.14 bits per heavy atom. The van der Waals surface area contributed by atoms with E-state index in [-0.39, 0.29) is 0 Å². The Labute approximate surface area is 278 Å². The topological polar surface area (TPSA) is 38.7 Å². The first kappa shape index (κ1) is 43.9. The molecule has 0 bridgehead atoms. The Hall–Kier alpha value is -0.120. The molecule has 1 N–H and O–H groups in total. The van der Waals surface area contributed by atoms with E-state index >= 15 is 0 Å². The van der Waals surface area contributed by atoms with E-state index in [2.05, 4.69) is 41.5 Å². The molecule has 4 atom stereocenters. The van der Waals surface area contributed by atoms with E-state index in [1.807, 2.05) is 0 Å². The van der Waals surface area contributed by atoms with Crippen molar-refractivity contribution in [3.63, 3.8) is 0 Å². The van der Waals surface area contributed by atoms with Crippen LogP contribution < -0.4 is 0 Å². The summed E-state index contributed by atoms with van der Waals surface area (Å²) in [5.74, 6) is 3.31. The third-order valence-corrected chi connectivity index (χ3v) is 9.78. The molecule has 0 spiro atoms. The summed E-state index contributed by atoms with van der Waals surface area (Å²) in [7, 11) is 0. The van der Waals surface area contributed by atoms with Crippen LogP contribution in [-0.2, 0) is 9.47 Å². The predicted molar refractivity (Wildman–Crippen MR) is 196 cm³/mol. The standard InChI is InChI=1S/C41H84O3/c1-7-8-9-10-11-12-13-14-15-16-17-18-19-20-21-22-33-43-35-41(42)36-44-34-32-40(6)31-25-30-39(5)29-24-28-38(4)27-23-26-37(2)3/h37-42H,7-36H2,1-6H3. The van der Waals surface area contributed by atoms with Gasteiger partial charge in [-0.05, 0) is 36.5 Å². The smallest absolute Gasteiger partial charge is 0.101 e. The summed E-state index contributed by atoms with van der Waals surface area (Å²) in [6.07, 6.45) is 35.2. The van der Waals surface area contributed by atoms with E-state index in [0.717, 1.165) is 43.8 Å². The molecule has 0 saturated carbocycles. The monoisotopic (exact) mass is 625 g/mol. The summed E-state index contributed by atoms with van der Waals surface area (Å²) in [5.41, 5.74) is 0. The molecule has 0 aromatic heterocycles. The quantitative estimate of drug-likeness (QED) is 0.0705. The average Bonchev–Trinajstić information content (AvgIpc) is 2.98. The number of aliphatic hydroxyl groups excluding tert-OH is 1. The summed E-state index contributed by atoms with van der Waals surface area (Å²) in [6, 6.07) is 0. The highest BCUT2D eigenvalue weighted by atomic mass is 16.5. The number of hydrogen-bond donors (Lipinski definition) is 1. The van der Waals surface area contributed by atoms with Crippen LogP contribution in [0.4, 0.5) is 0 Å². The summed E-state index contributed by atoms with van der Waals surface area (Å²) in [6.45, 7) is 16.5. The maximum atomic E-state index is 10.2. The molecule has 3 heteroatoms. The molecule has 266 valence electrons. The molecule has 0 radical (unpaired) electrons. The molecular formula is C41H84O3. The van der Waals surface area contributed by atoms with Gasteiger partial charge in [0.2, 0.25) is 0 Å². The Morgan fingerprint density at radius 1 is 0.386 bits per heavy atom. The molecule has 0 aromatic carbocycles. The van der Waals surface area contributed by atoms with Gasteiger partial charge in [-0.15, -0.1) is 0 Å². The Morgan fingerprint density at radius 2 is 0.727 bits per heavy atom. The van der Waals surface area contributed by atoms with Crippen molar-refractivity contribution in [2.24, 2.45) is 23.7 Å². The number of rotatable bonds is 36. The zero-order valence-electron chi connectivity index (χ0n) is 31.4. The maximum Gasteiger partial charge on any atom is 0.101 e. The van der Waals surface area contributed by atoms with Crippen molar-refractivity contribution in [2.75, 3.05) is 26.4 Å². The largest absolute Gasteiger partial charge is 0.388 e. The second-order valence-electron chi connectivity index (χ2n) is 15.4. The summed E-state index contributed by atoms with van der Waals surface area (Å²) in [4.78, 5) is 0. The first-order valence-electron chi connectivity index (χ1n) is 20.2. The van der Waals surface area contributed by atoms with E-state index in [9.17, 15) is 5.11 Å². The van der Waals surface area contributed by atoms with Gasteiger partial charge in [-0.25, -0.2) is 0 Å². The van der Waals surface area contributed by atoms with Crippen LogP contribution in [-0.4, -0.2) is 37.6 Å². The summed E-state index contributed by atoms with van der Waals surface area (Å²) >= 11 is 0. The van der Waals surface area contributed by atoms with Crippen LogP contribution in [0.1, 0.15) is 208 Å². The SMILES string of the molecule is CCCCCCCCCCCCCCCCCCOCC(O)COCCC(C)CCCC(C)CCCC(C)CCCC(C)C. The number of ether oxygens (including phenoxy) is 2. The van der Waals surface area contributed by atoms with E-state index in [1.54, 1.807) is 0 Å². The number of aliphatic hydroxyl groups is 1. The van der Waals surface area contributed by atoms with Gasteiger partial charge in [-0.2, -0.15) is 0 Å². The highest BCUT2D eigenvalue weighted by molar-refractivity contribution is 4.61. The minimum atomic E-state index is -0.495. The number of unbranched alkanes of at least 4 members (excludes halogenated alkanes) is 15. The highest BCUT2D eigenvalue weighted by Crippen LogP contribution is 2.23. The average molecular weight is 625 g/mol. The van der Waals surface area contributed by atoms with E-state index in [0.29, 0.717) is 19.1 Å². The van der Waals surface area contributed by atoms with Gasteiger partial charge < -0.3 is 14.6 Å². The van der Waals surface area contributed by atoms with Crippen molar-refractivity contribution in [1.29, 1.82) is 0 Å². The minimum Gasteiger partial charge on any atom is -0.388 e. The second-order valence-corrected chi connectivity index (χ2v) is 15.4. The molecule has 0 heterocycles. The molecule has 0 fully saturated rings. The Kier molecular flexibility index (Phi) is 34.1. The third-order valence-electron chi connectivity index (χ3n) is 9.78. The van der Waals surface area contributed by atoms with Crippen molar-refractivity contribution in [3.8, 4) is 0 Å². The van der Waals surface area contributed by atoms with Gasteiger partial charge in [-0.1, -0.05) is 196 Å². The van der Waals surface area contributed by atoms with E-state index in [4.69, 9.17) is 9.47 Å². The van der Waals surface area contributed by atoms with Crippen LogP contribution in [0.15, 0.2) is 0 Å². The molecule has 0 aliphatic heterocycles. The lowest BCUT2D eigenvalue weighted by molar-refractivity contribution is -0.0215. The van der Waals surface area contributed by atoms with E-state index in [1.165, 1.54) is 154 Å². The van der Waals surface area contributed by atoms with Crippen LogP contribution in [0.2, 0.25) is 0 Å². The lowest BCUT2D eigenvalue weighted by Crippen LogP contribution is -2.22. The van der Waals surface area contributed by atoms with Crippen LogP contribution in [0.25, 0.3) is 0 Å². The molecule has 0 saturated heterocycles. The van der Waals surface area contributed by atoms with Gasteiger partial charge in [0.1, 0.15) is 6.10 Å². The van der Waals surface area contributed by atoms with Gasteiger partial charge in [0.05, 0.1) is 13.2 Å². The molecule has 4 unspecified atom stereocenters. The number of hydrogen-bond acceptors (Lipinski definition) is 3. The molecule has 0 aliphatic carbocycles. The Balaban J connectivity index is 3.39. The van der Waals surface area contributed by atoms with Gasteiger partial charge in [0, 0.05) is 13.2 Å². The second kappa shape index (κ2) is 34.2. The fourth-order valence-corrected chi connectivity index (χ4v) is 6.46. The van der Waals surface area contributed by atoms with Gasteiger partial charge in [0.15, 0.2) is 0 Å². The predicted octanol–water partition coefficient (Wildman–Crippen LogP) is 13.1. The van der Waals surface area contributed by atoms with Gasteiger partial charge in [0.25, 0.3) is 0 Å². The van der Waals surface area contributed by atoms with Crippen LogP contribution in [0.5, 0.6) is 0 Å². The van der Waals surface area contributed by atoms with Crippen LogP contribution in [0, 0.1) is 23.7 Å². The maximum absolute atomic E-state index is 10.2. The first-order chi connectivity index (χ1) is 21.3. The van der Waals surface area contributed by atoms with E-state index < -0.39 is 6.10 Å². The molecule has 0 aromatic rings. The molecule has 3 nitrogen and oxygen atoms in total. The first-order valence-corrected chi connectivity index (χ1v) is 20.2. The van der Waals surface area contributed by atoms with Crippen LogP contribution in [0.3, 0.4) is 0 Å². The molecule has 44 heavy (non-hydrogen) atoms. The van der Waals surface area contributed by atoms with Crippen molar-refractivity contribution < 1.29 is 14.6 Å². The normalized spacial score (nSPS) is 14.7. The molecular weight excluding hydrogens is 540 g/mol. The molecule has 0 rings (SSSR count). The fourth-order valence-electron chi connectivity index (χ4n) is 6.46.